The quantitative estimate of drug-likeness (QED) is 0.824. The molecule has 2 heterocycles. The lowest BCUT2D eigenvalue weighted by Gasteiger charge is -2.32. The number of aryl methyl sites for hydroxylation is 1. The molecule has 2 aliphatic rings. The lowest BCUT2D eigenvalue weighted by Crippen LogP contribution is -2.33. The predicted octanol–water partition coefficient (Wildman–Crippen LogP) is 3.52. The molecule has 1 N–H and O–H groups in total. The number of piperidine rings is 1. The Morgan fingerprint density at radius 3 is 2.48 bits per heavy atom. The van der Waals surface area contributed by atoms with Gasteiger partial charge in [-0.15, -0.1) is 0 Å². The van der Waals surface area contributed by atoms with Crippen molar-refractivity contribution in [3.8, 4) is 0 Å². The lowest BCUT2D eigenvalue weighted by molar-refractivity contribution is 0.0879. The molecule has 140 valence electrons. The fourth-order valence-corrected chi connectivity index (χ4v) is 4.22. The molecule has 2 aromatic carbocycles. The first kappa shape index (κ1) is 17.9. The van der Waals surface area contributed by atoms with Crippen LogP contribution in [-0.4, -0.2) is 36.3 Å². The molecule has 2 aromatic rings. The van der Waals surface area contributed by atoms with Crippen LogP contribution < -0.4 is 5.32 Å². The van der Waals surface area contributed by atoms with Gasteiger partial charge in [0, 0.05) is 0 Å². The number of nitrogens with zero attached hydrogens (tertiary/aromatic N) is 1. The minimum atomic E-state index is -0.292. The summed E-state index contributed by atoms with van der Waals surface area (Å²) in [5, 5.41) is 2.37. The number of nitrogens with one attached hydrogen (secondary N) is 1. The van der Waals surface area contributed by atoms with Gasteiger partial charge in [0.25, 0.3) is 11.8 Å². The molecule has 0 aliphatic carbocycles. The van der Waals surface area contributed by atoms with Crippen LogP contribution in [0.15, 0.2) is 42.5 Å². The van der Waals surface area contributed by atoms with Gasteiger partial charge in [-0.25, -0.2) is 4.39 Å². The van der Waals surface area contributed by atoms with E-state index in [2.05, 4.69) is 10.2 Å². The summed E-state index contributed by atoms with van der Waals surface area (Å²) in [6, 6.07) is 12.4. The van der Waals surface area contributed by atoms with Crippen LogP contribution in [0.5, 0.6) is 0 Å². The number of halogens is 1. The Morgan fingerprint density at radius 2 is 1.74 bits per heavy atom. The van der Waals surface area contributed by atoms with Crippen LogP contribution in [0.1, 0.15) is 57.0 Å². The van der Waals surface area contributed by atoms with Crippen LogP contribution in [0.2, 0.25) is 0 Å². The Balaban J connectivity index is 1.29. The number of likely N-dealkylation sites (tertiary alicyclic amines) is 1. The molecular formula is C22H23FN2O2. The molecule has 1 saturated heterocycles. The highest BCUT2D eigenvalue weighted by molar-refractivity contribution is 6.22. The second kappa shape index (κ2) is 7.61. The van der Waals surface area contributed by atoms with Crippen LogP contribution in [0, 0.1) is 5.82 Å². The van der Waals surface area contributed by atoms with E-state index in [4.69, 9.17) is 0 Å². The summed E-state index contributed by atoms with van der Waals surface area (Å²) in [7, 11) is 0. The predicted molar refractivity (Wildman–Crippen MR) is 101 cm³/mol. The molecule has 5 heteroatoms. The van der Waals surface area contributed by atoms with Gasteiger partial charge in [-0.1, -0.05) is 24.3 Å². The third kappa shape index (κ3) is 3.78. The monoisotopic (exact) mass is 366 g/mol. The fraction of sp³-hybridized carbons (Fsp3) is 0.364. The number of hydrogen-bond acceptors (Lipinski definition) is 3. The number of rotatable bonds is 5. The second-order valence-corrected chi connectivity index (χ2v) is 7.39. The summed E-state index contributed by atoms with van der Waals surface area (Å²) in [5.41, 5.74) is 3.23. The number of hydrogen-bond donors (Lipinski definition) is 1. The number of imide groups is 1. The highest BCUT2D eigenvalue weighted by atomic mass is 19.1. The minimum Gasteiger partial charge on any atom is -0.303 e. The Hall–Kier alpha value is -2.53. The van der Waals surface area contributed by atoms with Gasteiger partial charge in [-0.05, 0) is 80.6 Å². The van der Waals surface area contributed by atoms with Crippen molar-refractivity contribution in [2.75, 3.05) is 19.6 Å². The Labute approximate surface area is 158 Å². The first-order valence-electron chi connectivity index (χ1n) is 9.57. The molecule has 0 bridgehead atoms. The second-order valence-electron chi connectivity index (χ2n) is 7.39. The normalized spacial score (nSPS) is 17.8. The first-order valence-corrected chi connectivity index (χ1v) is 9.57. The number of benzene rings is 2. The van der Waals surface area contributed by atoms with Gasteiger partial charge in [0.1, 0.15) is 5.82 Å². The summed E-state index contributed by atoms with van der Waals surface area (Å²) in [5.74, 6) is -0.238. The number of carbonyl (C=O) groups excluding carboxylic acids is 2. The zero-order valence-electron chi connectivity index (χ0n) is 15.2. The maximum Gasteiger partial charge on any atom is 0.259 e. The molecule has 0 saturated carbocycles. The zero-order valence-corrected chi connectivity index (χ0v) is 15.2. The van der Waals surface area contributed by atoms with E-state index in [1.165, 1.54) is 5.56 Å². The topological polar surface area (TPSA) is 49.4 Å². The summed E-state index contributed by atoms with van der Waals surface area (Å²) < 4.78 is 13.1. The lowest BCUT2D eigenvalue weighted by atomic mass is 9.89. The van der Waals surface area contributed by atoms with E-state index in [1.807, 2.05) is 24.3 Å². The molecule has 2 amide bonds. The van der Waals surface area contributed by atoms with Gasteiger partial charge >= 0.3 is 0 Å². The van der Waals surface area contributed by atoms with Gasteiger partial charge in [0.05, 0.1) is 11.1 Å². The summed E-state index contributed by atoms with van der Waals surface area (Å²) in [6.45, 7) is 3.05. The van der Waals surface area contributed by atoms with E-state index in [-0.39, 0.29) is 17.6 Å². The molecule has 27 heavy (non-hydrogen) atoms. The third-order valence-electron chi connectivity index (χ3n) is 5.70. The highest BCUT2D eigenvalue weighted by Crippen LogP contribution is 2.28. The number of fused-ring (bicyclic) bond motifs is 1. The van der Waals surface area contributed by atoms with Crippen molar-refractivity contribution in [3.63, 3.8) is 0 Å². The van der Waals surface area contributed by atoms with E-state index >= 15 is 0 Å². The largest absolute Gasteiger partial charge is 0.303 e. The van der Waals surface area contributed by atoms with Crippen LogP contribution in [0.4, 0.5) is 4.39 Å². The van der Waals surface area contributed by atoms with E-state index in [0.29, 0.717) is 17.0 Å². The van der Waals surface area contributed by atoms with Crippen molar-refractivity contribution >= 4 is 11.8 Å². The van der Waals surface area contributed by atoms with Crippen molar-refractivity contribution in [3.05, 3.63) is 70.5 Å². The molecule has 0 atom stereocenters. The Bertz CT molecular complexity index is 855. The Morgan fingerprint density at radius 1 is 1.00 bits per heavy atom. The van der Waals surface area contributed by atoms with Crippen molar-refractivity contribution in [2.24, 2.45) is 0 Å². The Kier molecular flexibility index (Phi) is 5.03. The van der Waals surface area contributed by atoms with Gasteiger partial charge in [0.2, 0.25) is 0 Å². The molecule has 1 fully saturated rings. The summed E-state index contributed by atoms with van der Waals surface area (Å²) >= 11 is 0. The SMILES string of the molecule is O=C1NC(=O)c2c(CCCN3CCC(c4ccc(F)cc4)CC3)cccc21. The van der Waals surface area contributed by atoms with Crippen LogP contribution >= 0.6 is 0 Å². The van der Waals surface area contributed by atoms with Crippen molar-refractivity contribution in [2.45, 2.75) is 31.6 Å². The van der Waals surface area contributed by atoms with Gasteiger partial charge in [-0.3, -0.25) is 14.9 Å². The molecule has 4 rings (SSSR count). The number of amides is 2. The van der Waals surface area contributed by atoms with Crippen LogP contribution in [-0.2, 0) is 6.42 Å². The third-order valence-corrected chi connectivity index (χ3v) is 5.70. The minimum absolute atomic E-state index is 0.182. The van der Waals surface area contributed by atoms with E-state index < -0.39 is 0 Å². The summed E-state index contributed by atoms with van der Waals surface area (Å²) in [4.78, 5) is 26.2. The van der Waals surface area contributed by atoms with Crippen LogP contribution in [0.3, 0.4) is 0 Å². The zero-order chi connectivity index (χ0) is 18.8. The maximum atomic E-state index is 13.1. The van der Waals surface area contributed by atoms with E-state index in [0.717, 1.165) is 50.9 Å². The van der Waals surface area contributed by atoms with Crippen molar-refractivity contribution < 1.29 is 14.0 Å². The van der Waals surface area contributed by atoms with Gasteiger partial charge in [-0.2, -0.15) is 0 Å². The summed E-state index contributed by atoms with van der Waals surface area (Å²) in [6.07, 6.45) is 3.92. The molecule has 0 aromatic heterocycles. The van der Waals surface area contributed by atoms with Crippen molar-refractivity contribution in [1.29, 1.82) is 0 Å². The van der Waals surface area contributed by atoms with Gasteiger partial charge in [0.15, 0.2) is 0 Å². The molecule has 0 spiro atoms. The number of carbonyl (C=O) groups is 2. The van der Waals surface area contributed by atoms with E-state index in [9.17, 15) is 14.0 Å². The average Bonchev–Trinajstić information content (AvgIpc) is 2.98. The van der Waals surface area contributed by atoms with Gasteiger partial charge < -0.3 is 4.90 Å². The molecular weight excluding hydrogens is 343 g/mol. The average molecular weight is 366 g/mol. The first-order chi connectivity index (χ1) is 13.1. The fourth-order valence-electron chi connectivity index (χ4n) is 4.22. The highest BCUT2D eigenvalue weighted by Gasteiger charge is 2.28. The standard InChI is InChI=1S/C22H23FN2O2/c23-18-8-6-15(7-9-18)16-10-13-25(14-11-16)12-2-4-17-3-1-5-19-20(17)22(27)24-21(19)26/h1,3,5-9,16H,2,4,10-14H2,(H,24,26,27). The maximum absolute atomic E-state index is 13.1. The molecule has 0 unspecified atom stereocenters. The van der Waals surface area contributed by atoms with Crippen LogP contribution in [0.25, 0.3) is 0 Å². The molecule has 4 nitrogen and oxygen atoms in total. The van der Waals surface area contributed by atoms with E-state index in [1.54, 1.807) is 18.2 Å². The molecule has 0 radical (unpaired) electrons. The van der Waals surface area contributed by atoms with Crippen molar-refractivity contribution in [1.82, 2.24) is 10.2 Å². The molecule has 2 aliphatic heterocycles. The smallest absolute Gasteiger partial charge is 0.259 e.